The molecular weight excluding hydrogens is 396 g/mol. The molecule has 8 nitrogen and oxygen atoms in total. The van der Waals surface area contributed by atoms with E-state index in [1.165, 1.54) is 0 Å². The van der Waals surface area contributed by atoms with E-state index < -0.39 is 0 Å². The van der Waals surface area contributed by atoms with Crippen LogP contribution in [0.3, 0.4) is 0 Å². The first-order chi connectivity index (χ1) is 15.1. The fourth-order valence-electron chi connectivity index (χ4n) is 3.08. The van der Waals surface area contributed by atoms with Crippen molar-refractivity contribution in [1.82, 2.24) is 15.3 Å². The summed E-state index contributed by atoms with van der Waals surface area (Å²) >= 11 is 0. The minimum Gasteiger partial charge on any atom is -0.487 e. The molecule has 0 aliphatic heterocycles. The summed E-state index contributed by atoms with van der Waals surface area (Å²) in [6.07, 6.45) is 1.73. The molecule has 8 heteroatoms. The van der Waals surface area contributed by atoms with Gasteiger partial charge in [0.1, 0.15) is 29.5 Å². The molecule has 3 aromatic heterocycles. The molecule has 3 heterocycles. The number of nitrogens with one attached hydrogen (secondary N) is 1. The number of pyridine rings is 2. The van der Waals surface area contributed by atoms with Gasteiger partial charge in [0.05, 0.1) is 30.1 Å². The molecule has 0 aliphatic rings. The number of benzene rings is 1. The fourth-order valence-corrected chi connectivity index (χ4v) is 3.08. The molecule has 31 heavy (non-hydrogen) atoms. The van der Waals surface area contributed by atoms with E-state index in [9.17, 15) is 4.79 Å². The third kappa shape index (κ3) is 4.99. The van der Waals surface area contributed by atoms with Crippen LogP contribution in [-0.4, -0.2) is 23.0 Å². The molecule has 0 saturated carbocycles. The van der Waals surface area contributed by atoms with Gasteiger partial charge in [-0.25, -0.2) is 4.98 Å². The second-order valence-electron chi connectivity index (χ2n) is 6.87. The molecule has 0 bridgehead atoms. The third-order valence-electron chi connectivity index (χ3n) is 4.60. The zero-order chi connectivity index (χ0) is 21.6. The number of methoxy groups -OCH3 is 1. The predicted molar refractivity (Wildman–Crippen MR) is 115 cm³/mol. The minimum absolute atomic E-state index is 0.159. The summed E-state index contributed by atoms with van der Waals surface area (Å²) in [5.41, 5.74) is 8.39. The number of hydrogen-bond donors (Lipinski definition) is 2. The molecule has 0 radical (unpaired) electrons. The zero-order valence-electron chi connectivity index (χ0n) is 17.0. The average Bonchev–Trinajstić information content (AvgIpc) is 3.19. The monoisotopic (exact) mass is 418 g/mol. The Morgan fingerprint density at radius 3 is 2.77 bits per heavy atom. The predicted octanol–water partition coefficient (Wildman–Crippen LogP) is 3.46. The Labute approximate surface area is 179 Å². The highest BCUT2D eigenvalue weighted by Crippen LogP contribution is 2.25. The van der Waals surface area contributed by atoms with Gasteiger partial charge in [-0.2, -0.15) is 0 Å². The maximum atomic E-state index is 12.5. The Bertz CT molecular complexity index is 1190. The largest absolute Gasteiger partial charge is 0.487 e. The van der Waals surface area contributed by atoms with E-state index in [0.717, 1.165) is 11.1 Å². The topological polar surface area (TPSA) is 112 Å². The summed E-state index contributed by atoms with van der Waals surface area (Å²) in [4.78, 5) is 20.9. The number of nitrogen functional groups attached to an aromatic ring is 1. The highest BCUT2D eigenvalue weighted by Gasteiger charge is 2.13. The van der Waals surface area contributed by atoms with Crippen molar-refractivity contribution in [1.29, 1.82) is 0 Å². The number of hydrogen-bond acceptors (Lipinski definition) is 7. The lowest BCUT2D eigenvalue weighted by Gasteiger charge is -2.07. The number of nitrogens with two attached hydrogens (primary N) is 1. The maximum absolute atomic E-state index is 12.5. The quantitative estimate of drug-likeness (QED) is 0.450. The van der Waals surface area contributed by atoms with Gasteiger partial charge in [-0.15, -0.1) is 0 Å². The SMILES string of the molecule is COCc1ccc(C(=O)NCc2cc3ccc(OCc4ccccn4)cc3o2)c(N)n1. The van der Waals surface area contributed by atoms with E-state index in [1.54, 1.807) is 25.4 Å². The number of anilines is 1. The smallest absolute Gasteiger partial charge is 0.255 e. The van der Waals surface area contributed by atoms with Gasteiger partial charge in [0, 0.05) is 24.8 Å². The van der Waals surface area contributed by atoms with Crippen molar-refractivity contribution in [2.45, 2.75) is 19.8 Å². The number of rotatable bonds is 8. The standard InChI is InChI=1S/C23H22N4O4/c1-29-13-17-6-8-20(22(24)27-17)23(28)26-12-19-10-15-5-7-18(11-21(15)31-19)30-14-16-4-2-3-9-25-16/h2-11H,12-14H2,1H3,(H2,24,27)(H,26,28). The Kier molecular flexibility index (Phi) is 6.09. The van der Waals surface area contributed by atoms with Crippen LogP contribution in [0.4, 0.5) is 5.82 Å². The van der Waals surface area contributed by atoms with E-state index >= 15 is 0 Å². The van der Waals surface area contributed by atoms with E-state index in [1.807, 2.05) is 42.5 Å². The van der Waals surface area contributed by atoms with Gasteiger partial charge < -0.3 is 24.9 Å². The highest BCUT2D eigenvalue weighted by atomic mass is 16.5. The average molecular weight is 418 g/mol. The van der Waals surface area contributed by atoms with Gasteiger partial charge in [-0.3, -0.25) is 9.78 Å². The second-order valence-corrected chi connectivity index (χ2v) is 6.87. The number of furan rings is 1. The van der Waals surface area contributed by atoms with Gasteiger partial charge in [-0.1, -0.05) is 6.07 Å². The molecule has 158 valence electrons. The molecule has 0 saturated heterocycles. The Hall–Kier alpha value is -3.91. The summed E-state index contributed by atoms with van der Waals surface area (Å²) in [5.74, 6) is 1.13. The summed E-state index contributed by atoms with van der Waals surface area (Å²) in [6, 6.07) is 16.5. The molecule has 0 fully saturated rings. The first-order valence-corrected chi connectivity index (χ1v) is 9.70. The van der Waals surface area contributed by atoms with Crippen LogP contribution in [0.1, 0.15) is 27.5 Å². The Balaban J connectivity index is 1.39. The highest BCUT2D eigenvalue weighted by molar-refractivity contribution is 5.98. The lowest BCUT2D eigenvalue weighted by molar-refractivity contribution is 0.0948. The molecule has 4 rings (SSSR count). The minimum atomic E-state index is -0.325. The number of aromatic nitrogens is 2. The van der Waals surface area contributed by atoms with Crippen molar-refractivity contribution in [3.8, 4) is 5.75 Å². The first-order valence-electron chi connectivity index (χ1n) is 9.70. The third-order valence-corrected chi connectivity index (χ3v) is 4.60. The molecule has 0 unspecified atom stereocenters. The molecule has 0 spiro atoms. The van der Waals surface area contributed by atoms with Crippen LogP contribution in [-0.2, 0) is 24.5 Å². The lowest BCUT2D eigenvalue weighted by Crippen LogP contribution is -2.24. The summed E-state index contributed by atoms with van der Waals surface area (Å²) in [7, 11) is 1.57. The zero-order valence-corrected chi connectivity index (χ0v) is 17.0. The van der Waals surface area contributed by atoms with Gasteiger partial charge in [0.15, 0.2) is 0 Å². The lowest BCUT2D eigenvalue weighted by atomic mass is 10.2. The number of carbonyl (C=O) groups is 1. The molecule has 3 N–H and O–H groups in total. The molecule has 0 aliphatic carbocycles. The molecule has 0 atom stereocenters. The summed E-state index contributed by atoms with van der Waals surface area (Å²) in [6.45, 7) is 0.921. The van der Waals surface area contributed by atoms with Crippen molar-refractivity contribution >= 4 is 22.7 Å². The van der Waals surface area contributed by atoms with Crippen LogP contribution in [0.25, 0.3) is 11.0 Å². The van der Waals surface area contributed by atoms with Gasteiger partial charge in [-0.05, 0) is 42.5 Å². The van der Waals surface area contributed by atoms with Crippen LogP contribution in [0, 0.1) is 0 Å². The number of nitrogens with zero attached hydrogens (tertiary/aromatic N) is 2. The van der Waals surface area contributed by atoms with Crippen LogP contribution >= 0.6 is 0 Å². The van der Waals surface area contributed by atoms with Crippen molar-refractivity contribution < 1.29 is 18.7 Å². The number of amides is 1. The van der Waals surface area contributed by atoms with E-state index in [4.69, 9.17) is 19.6 Å². The van der Waals surface area contributed by atoms with Gasteiger partial charge in [0.2, 0.25) is 0 Å². The number of ether oxygens (including phenoxy) is 2. The Morgan fingerprint density at radius 2 is 2.00 bits per heavy atom. The van der Waals surface area contributed by atoms with Crippen molar-refractivity contribution in [3.63, 3.8) is 0 Å². The van der Waals surface area contributed by atoms with E-state index in [0.29, 0.717) is 41.6 Å². The second kappa shape index (κ2) is 9.27. The van der Waals surface area contributed by atoms with E-state index in [-0.39, 0.29) is 18.3 Å². The van der Waals surface area contributed by atoms with Crippen LogP contribution in [0.5, 0.6) is 5.75 Å². The summed E-state index contributed by atoms with van der Waals surface area (Å²) < 4.78 is 16.7. The normalized spacial score (nSPS) is 10.9. The van der Waals surface area contributed by atoms with Crippen LogP contribution in [0.15, 0.2) is 65.2 Å². The van der Waals surface area contributed by atoms with Crippen molar-refractivity contribution in [3.05, 3.63) is 83.5 Å². The fraction of sp³-hybridized carbons (Fsp3) is 0.174. The summed E-state index contributed by atoms with van der Waals surface area (Å²) in [5, 5.41) is 3.72. The maximum Gasteiger partial charge on any atom is 0.255 e. The van der Waals surface area contributed by atoms with Crippen molar-refractivity contribution in [2.75, 3.05) is 12.8 Å². The number of fused-ring (bicyclic) bond motifs is 1. The molecular formula is C23H22N4O4. The van der Waals surface area contributed by atoms with Crippen molar-refractivity contribution in [2.24, 2.45) is 0 Å². The van der Waals surface area contributed by atoms with Gasteiger partial charge in [0.25, 0.3) is 5.91 Å². The van der Waals surface area contributed by atoms with Crippen LogP contribution in [0.2, 0.25) is 0 Å². The Morgan fingerprint density at radius 1 is 1.10 bits per heavy atom. The van der Waals surface area contributed by atoms with E-state index in [2.05, 4.69) is 15.3 Å². The molecule has 1 amide bonds. The van der Waals surface area contributed by atoms with Crippen LogP contribution < -0.4 is 15.8 Å². The molecule has 4 aromatic rings. The number of carbonyl (C=O) groups excluding carboxylic acids is 1. The molecule has 1 aromatic carbocycles. The van der Waals surface area contributed by atoms with Gasteiger partial charge >= 0.3 is 0 Å². The first kappa shape index (κ1) is 20.4.